The van der Waals surface area contributed by atoms with Crippen molar-refractivity contribution in [1.29, 1.82) is 0 Å². The lowest BCUT2D eigenvalue weighted by Crippen LogP contribution is -2.42. The molecule has 29 heavy (non-hydrogen) atoms. The normalized spacial score (nSPS) is 20.6. The van der Waals surface area contributed by atoms with Crippen LogP contribution in [0.4, 0.5) is 0 Å². The molecule has 1 aliphatic carbocycles. The highest BCUT2D eigenvalue weighted by Gasteiger charge is 2.27. The zero-order valence-corrected chi connectivity index (χ0v) is 17.3. The van der Waals surface area contributed by atoms with Gasteiger partial charge in [0.2, 0.25) is 0 Å². The zero-order valence-electron chi connectivity index (χ0n) is 17.3. The van der Waals surface area contributed by atoms with Crippen molar-refractivity contribution in [3.8, 4) is 5.75 Å². The predicted octanol–water partition coefficient (Wildman–Crippen LogP) is 4.08. The summed E-state index contributed by atoms with van der Waals surface area (Å²) in [4.78, 5) is 14.8. The molecule has 0 spiro atoms. The largest absolute Gasteiger partial charge is 0.493 e. The molecule has 1 aromatic carbocycles. The highest BCUT2D eigenvalue weighted by molar-refractivity contribution is 5.94. The van der Waals surface area contributed by atoms with Gasteiger partial charge in [-0.3, -0.25) is 9.48 Å². The molecule has 1 saturated carbocycles. The van der Waals surface area contributed by atoms with Crippen molar-refractivity contribution in [3.63, 3.8) is 0 Å². The Balaban J connectivity index is 1.33. The molecule has 2 aliphatic rings. The van der Waals surface area contributed by atoms with E-state index in [9.17, 15) is 4.79 Å². The molecule has 1 saturated heterocycles. The molecular formula is C23H31N3O3. The van der Waals surface area contributed by atoms with Gasteiger partial charge in [0.05, 0.1) is 26.0 Å². The van der Waals surface area contributed by atoms with Crippen LogP contribution in [0.15, 0.2) is 36.7 Å². The van der Waals surface area contributed by atoms with Crippen molar-refractivity contribution in [2.45, 2.75) is 51.7 Å². The number of amides is 1. The van der Waals surface area contributed by atoms with E-state index < -0.39 is 0 Å². The Morgan fingerprint density at radius 3 is 2.72 bits per heavy atom. The molecule has 2 fully saturated rings. The highest BCUT2D eigenvalue weighted by Crippen LogP contribution is 2.26. The third-order valence-electron chi connectivity index (χ3n) is 6.01. The molecule has 1 aliphatic heterocycles. The molecule has 1 unspecified atom stereocenters. The number of nitrogens with zero attached hydrogens (tertiary/aromatic N) is 3. The van der Waals surface area contributed by atoms with Crippen molar-refractivity contribution in [2.75, 3.05) is 26.3 Å². The number of morpholine rings is 1. The minimum absolute atomic E-state index is 0.0417. The number of hydrogen-bond acceptors (Lipinski definition) is 4. The van der Waals surface area contributed by atoms with E-state index in [-0.39, 0.29) is 12.0 Å². The van der Waals surface area contributed by atoms with E-state index >= 15 is 0 Å². The lowest BCUT2D eigenvalue weighted by Gasteiger charge is -2.32. The van der Waals surface area contributed by atoms with Crippen LogP contribution in [0, 0.1) is 5.92 Å². The van der Waals surface area contributed by atoms with E-state index in [0.717, 1.165) is 24.5 Å². The summed E-state index contributed by atoms with van der Waals surface area (Å²) in [7, 11) is 0. The van der Waals surface area contributed by atoms with Gasteiger partial charge in [0.15, 0.2) is 0 Å². The molecule has 156 valence electrons. The average Bonchev–Trinajstić information content (AvgIpc) is 3.28. The Morgan fingerprint density at radius 1 is 1.21 bits per heavy atom. The van der Waals surface area contributed by atoms with Crippen molar-refractivity contribution < 1.29 is 14.3 Å². The summed E-state index contributed by atoms with van der Waals surface area (Å²) in [6.07, 6.45) is 10.3. The molecule has 2 aromatic rings. The second-order valence-corrected chi connectivity index (χ2v) is 8.08. The van der Waals surface area contributed by atoms with Gasteiger partial charge in [0.25, 0.3) is 5.91 Å². The van der Waals surface area contributed by atoms with E-state index in [2.05, 4.69) is 12.0 Å². The van der Waals surface area contributed by atoms with Gasteiger partial charge in [0.1, 0.15) is 11.9 Å². The lowest BCUT2D eigenvalue weighted by molar-refractivity contribution is -0.0228. The van der Waals surface area contributed by atoms with Gasteiger partial charge in [-0.2, -0.15) is 5.10 Å². The zero-order chi connectivity index (χ0) is 20.1. The smallest absolute Gasteiger partial charge is 0.254 e. The molecule has 0 bridgehead atoms. The van der Waals surface area contributed by atoms with Crippen molar-refractivity contribution in [2.24, 2.45) is 5.92 Å². The number of carbonyl (C=O) groups excluding carboxylic acids is 1. The summed E-state index contributed by atoms with van der Waals surface area (Å²) in [5, 5.41) is 4.32. The average molecular weight is 398 g/mol. The van der Waals surface area contributed by atoms with Gasteiger partial charge in [0, 0.05) is 30.4 Å². The maximum Gasteiger partial charge on any atom is 0.254 e. The molecule has 1 atom stereocenters. The van der Waals surface area contributed by atoms with Crippen LogP contribution in [0.5, 0.6) is 5.75 Å². The number of ether oxygens (including phenoxy) is 2. The maximum absolute atomic E-state index is 13.0. The Labute approximate surface area is 172 Å². The Morgan fingerprint density at radius 2 is 2.00 bits per heavy atom. The minimum atomic E-state index is -0.119. The van der Waals surface area contributed by atoms with Crippen molar-refractivity contribution in [3.05, 3.63) is 47.8 Å². The van der Waals surface area contributed by atoms with Gasteiger partial charge in [-0.05, 0) is 49.9 Å². The summed E-state index contributed by atoms with van der Waals surface area (Å²) in [5.41, 5.74) is 1.72. The molecule has 1 aromatic heterocycles. The van der Waals surface area contributed by atoms with E-state index in [4.69, 9.17) is 9.47 Å². The van der Waals surface area contributed by atoms with Crippen LogP contribution in [-0.4, -0.2) is 46.9 Å². The molecule has 6 nitrogen and oxygen atoms in total. The summed E-state index contributed by atoms with van der Waals surface area (Å²) >= 11 is 0. The molecule has 6 heteroatoms. The summed E-state index contributed by atoms with van der Waals surface area (Å²) in [6, 6.07) is 7.58. The van der Waals surface area contributed by atoms with Crippen LogP contribution in [-0.2, 0) is 11.3 Å². The van der Waals surface area contributed by atoms with E-state index in [0.29, 0.717) is 31.2 Å². The fraction of sp³-hybridized carbons (Fsp3) is 0.565. The molecule has 1 amide bonds. The van der Waals surface area contributed by atoms with Gasteiger partial charge in [-0.1, -0.05) is 19.3 Å². The monoisotopic (exact) mass is 397 g/mol. The summed E-state index contributed by atoms with van der Waals surface area (Å²) in [6.45, 7) is 5.35. The number of aromatic nitrogens is 2. The second-order valence-electron chi connectivity index (χ2n) is 8.08. The van der Waals surface area contributed by atoms with Crippen LogP contribution in [0.2, 0.25) is 0 Å². The molecule has 2 heterocycles. The third-order valence-corrected chi connectivity index (χ3v) is 6.01. The van der Waals surface area contributed by atoms with Crippen LogP contribution >= 0.6 is 0 Å². The lowest BCUT2D eigenvalue weighted by atomic mass is 9.90. The number of benzene rings is 1. The third kappa shape index (κ3) is 4.99. The van der Waals surface area contributed by atoms with Gasteiger partial charge in [-0.25, -0.2) is 0 Å². The van der Waals surface area contributed by atoms with Gasteiger partial charge >= 0.3 is 0 Å². The van der Waals surface area contributed by atoms with Gasteiger partial charge < -0.3 is 14.4 Å². The molecular weight excluding hydrogens is 366 g/mol. The topological polar surface area (TPSA) is 56.6 Å². The van der Waals surface area contributed by atoms with Crippen molar-refractivity contribution >= 4 is 5.91 Å². The first kappa shape index (κ1) is 20.0. The van der Waals surface area contributed by atoms with Crippen LogP contribution < -0.4 is 4.74 Å². The Kier molecular flexibility index (Phi) is 6.49. The number of hydrogen-bond donors (Lipinski definition) is 0. The quantitative estimate of drug-likeness (QED) is 0.737. The SMILES string of the molecule is CCn1cc(C2CN(C(=O)c3ccc(OCC4CCCCC4)cc3)CCO2)cn1. The fourth-order valence-corrected chi connectivity index (χ4v) is 4.20. The minimum Gasteiger partial charge on any atom is -0.493 e. The second kappa shape index (κ2) is 9.44. The molecule has 4 rings (SSSR count). The standard InChI is InChI=1S/C23H31N3O3/c1-2-26-15-20(14-24-26)22-16-25(12-13-28-22)23(27)19-8-10-21(11-9-19)29-17-18-6-4-3-5-7-18/h8-11,14-15,18,22H,2-7,12-13,16-17H2,1H3. The Hall–Kier alpha value is -2.34. The van der Waals surface area contributed by atoms with Gasteiger partial charge in [-0.15, -0.1) is 0 Å². The predicted molar refractivity (Wildman–Crippen MR) is 111 cm³/mol. The van der Waals surface area contributed by atoms with Crippen LogP contribution in [0.3, 0.4) is 0 Å². The first-order chi connectivity index (χ1) is 14.2. The van der Waals surface area contributed by atoms with E-state index in [1.165, 1.54) is 32.1 Å². The molecule has 0 N–H and O–H groups in total. The first-order valence-corrected chi connectivity index (χ1v) is 10.9. The Bertz CT molecular complexity index is 796. The van der Waals surface area contributed by atoms with E-state index in [1.807, 2.05) is 46.2 Å². The maximum atomic E-state index is 13.0. The van der Waals surface area contributed by atoms with Crippen molar-refractivity contribution in [1.82, 2.24) is 14.7 Å². The first-order valence-electron chi connectivity index (χ1n) is 10.9. The number of rotatable bonds is 6. The number of aryl methyl sites for hydroxylation is 1. The fourth-order valence-electron chi connectivity index (χ4n) is 4.20. The summed E-state index contributed by atoms with van der Waals surface area (Å²) < 4.78 is 13.7. The van der Waals surface area contributed by atoms with Crippen LogP contribution in [0.1, 0.15) is 61.1 Å². The van der Waals surface area contributed by atoms with E-state index in [1.54, 1.807) is 0 Å². The van der Waals surface area contributed by atoms with Crippen LogP contribution in [0.25, 0.3) is 0 Å². The highest BCUT2D eigenvalue weighted by atomic mass is 16.5. The molecule has 0 radical (unpaired) electrons. The number of carbonyl (C=O) groups is 1. The summed E-state index contributed by atoms with van der Waals surface area (Å²) in [5.74, 6) is 1.56.